The summed E-state index contributed by atoms with van der Waals surface area (Å²) in [5.41, 5.74) is 25.0. The zero-order chi connectivity index (χ0) is 87.7. The molecule has 125 heavy (non-hydrogen) atoms. The van der Waals surface area contributed by atoms with E-state index in [4.69, 9.17) is 103 Å². The number of nitrogens with one attached hydrogen (secondary N) is 2. The Kier molecular flexibility index (Phi) is 42.5. The van der Waals surface area contributed by atoms with Gasteiger partial charge in [0.1, 0.15) is 95.1 Å². The molecule has 13 rings (SSSR count). The molecule has 4 aromatic carbocycles. The minimum absolute atomic E-state index is 0. The number of amides is 2. The van der Waals surface area contributed by atoms with Crippen molar-refractivity contribution in [1.82, 2.24) is 39.0 Å². The summed E-state index contributed by atoms with van der Waals surface area (Å²) in [6.07, 6.45) is 14.7. The minimum atomic E-state index is -0.902. The Morgan fingerprint density at radius 2 is 0.992 bits per heavy atom. The summed E-state index contributed by atoms with van der Waals surface area (Å²) in [6.45, 7) is 12.3. The number of nitrogens with two attached hydrogens (primary N) is 4. The molecule has 6 aromatic heterocycles. The van der Waals surface area contributed by atoms with Crippen LogP contribution >= 0.6 is 23.2 Å². The molecule has 0 radical (unpaired) electrons. The summed E-state index contributed by atoms with van der Waals surface area (Å²) in [6, 6.07) is 22.3. The van der Waals surface area contributed by atoms with Crippen LogP contribution in [0.2, 0.25) is 0 Å². The van der Waals surface area contributed by atoms with Crippen LogP contribution in [0.5, 0.6) is 46.5 Å². The number of rotatable bonds is 14. The second kappa shape index (κ2) is 51.5. The highest BCUT2D eigenvalue weighted by Gasteiger charge is 2.33. The number of alkyl halides is 2. The number of fused-ring (bicyclic) bond motifs is 10. The van der Waals surface area contributed by atoms with Crippen molar-refractivity contribution >= 4 is 103 Å². The first-order valence-electron chi connectivity index (χ1n) is 36.5. The number of benzene rings is 4. The molecule has 0 atom stereocenters. The van der Waals surface area contributed by atoms with Crippen molar-refractivity contribution in [1.29, 1.82) is 0 Å². The van der Waals surface area contributed by atoms with E-state index in [2.05, 4.69) is 43.1 Å². The molecular weight excluding hydrogens is 1700 g/mol. The Morgan fingerprint density at radius 3 is 1.43 bits per heavy atom. The first kappa shape index (κ1) is 103. The molecule has 10 N–H and O–H groups in total. The zero-order valence-corrected chi connectivity index (χ0v) is 66.8. The fourth-order valence-electron chi connectivity index (χ4n) is 11.6. The minimum Gasteiger partial charge on any atom is -0.489 e. The van der Waals surface area contributed by atoms with Gasteiger partial charge in [-0.1, -0.05) is 77.5 Å². The molecule has 43 heteroatoms. The molecule has 9 heterocycles. The first-order chi connectivity index (χ1) is 58.3. The van der Waals surface area contributed by atoms with Crippen molar-refractivity contribution in [3.05, 3.63) is 246 Å². The van der Waals surface area contributed by atoms with Crippen LogP contribution in [0.3, 0.4) is 0 Å². The van der Waals surface area contributed by atoms with E-state index in [1.54, 1.807) is 56.3 Å². The van der Waals surface area contributed by atoms with Crippen LogP contribution in [0.1, 0.15) is 84.1 Å². The highest BCUT2D eigenvalue weighted by Crippen LogP contribution is 2.40. The topological polar surface area (TPSA) is 450 Å². The quantitative estimate of drug-likeness (QED) is 0.0147. The van der Waals surface area contributed by atoms with Crippen LogP contribution in [0.25, 0.3) is 22.1 Å². The molecule has 0 aliphatic carbocycles. The van der Waals surface area contributed by atoms with E-state index in [1.807, 2.05) is 24.3 Å². The standard InChI is InChI=1S/C22H25FN4O6.C20H21FN4O6.2C18H17FN4O3.CH2Cl2.3CH4.F2.FH/c1-4-7-9-33-19-13-18(20(27(29)30)21(24)25-19)26(22(28)31-6-3)14-15-10-16(23)12-17(11-15)32-8-5-2;1-2-29-20(26)24-12-13-8-14(21)10-15(9-13)30-6-4-3-5-7-31-17-11-16(24)18(25(27)28)19(22)23-17;2*19-12-6-11-7-13(8-12)25-4-2-1-3-5-26-15-9-14-16(17(20)21-15)22-18(24)23(14)10-11;2-1-3;;;;1-2;/h4-5,10-13H,1-2,6-9,14H2,3H3,(H2,24,25);3-4,8-11H,2,5-7,12H2,1H3,(H2,22,23);2*1-2,6-9H,3-5,10H2,(H2,20,21)(H,22,24);1H2;3*1H4;;1H/b;4-3+;2*2-1+;;;;;;. The second-order valence-electron chi connectivity index (χ2n) is 25.1. The van der Waals surface area contributed by atoms with Gasteiger partial charge < -0.3 is 80.3 Å². The fraction of sp³-hybridized carbons (Fsp3) is 0.293. The fourth-order valence-corrected chi connectivity index (χ4v) is 11.6. The van der Waals surface area contributed by atoms with Gasteiger partial charge in [0.15, 0.2) is 11.6 Å². The number of carbonyl (C=O) groups excluding carboxylic acids is 2. The van der Waals surface area contributed by atoms with E-state index in [-0.39, 0.29) is 156 Å². The number of anilines is 6. The van der Waals surface area contributed by atoms with Gasteiger partial charge in [0.05, 0.1) is 92.0 Å². The molecule has 674 valence electrons. The van der Waals surface area contributed by atoms with Crippen molar-refractivity contribution in [2.75, 3.05) is 104 Å². The molecule has 0 unspecified atom stereocenters. The summed E-state index contributed by atoms with van der Waals surface area (Å²) < 4.78 is 130. The summed E-state index contributed by atoms with van der Waals surface area (Å²) in [7, 11) is 0. The number of ether oxygens (including phenoxy) is 10. The van der Waals surface area contributed by atoms with E-state index in [9.17, 15) is 57.0 Å². The first-order valence-corrected chi connectivity index (χ1v) is 37.6. The highest BCUT2D eigenvalue weighted by atomic mass is 35.5. The van der Waals surface area contributed by atoms with Crippen molar-refractivity contribution in [2.24, 2.45) is 0 Å². The van der Waals surface area contributed by atoms with Gasteiger partial charge in [0, 0.05) is 57.7 Å². The lowest BCUT2D eigenvalue weighted by Crippen LogP contribution is -2.32. The number of pyridine rings is 4. The lowest BCUT2D eigenvalue weighted by molar-refractivity contribution is -0.383. The van der Waals surface area contributed by atoms with Gasteiger partial charge in [-0.05, 0) is 110 Å². The van der Waals surface area contributed by atoms with Gasteiger partial charge in [-0.2, -0.15) is 19.9 Å². The van der Waals surface area contributed by atoms with Crippen LogP contribution in [0.15, 0.2) is 168 Å². The monoisotopic (exact) mass is 1790 g/mol. The molecule has 0 fully saturated rings. The largest absolute Gasteiger partial charge is 0.489 e. The summed E-state index contributed by atoms with van der Waals surface area (Å²) in [5, 5.41) is 23.6. The van der Waals surface area contributed by atoms with E-state index in [0.29, 0.717) is 120 Å². The predicted molar refractivity (Wildman–Crippen MR) is 462 cm³/mol. The van der Waals surface area contributed by atoms with Crippen molar-refractivity contribution in [3.8, 4) is 46.5 Å². The number of imidazole rings is 2. The third-order valence-corrected chi connectivity index (χ3v) is 16.6. The molecule has 2 amide bonds. The van der Waals surface area contributed by atoms with Crippen LogP contribution in [0.4, 0.5) is 87.0 Å². The number of hydrogen-bond acceptors (Lipinski definition) is 26. The SMILES string of the molecule is C.C.C.C=CCCOc1cc(N(Cc2cc(F)cc(OCC=C)c2)C(=O)OCC)c([N+](=O)[O-])c(N)n1.CCOC(=O)N1Cc2cc(F)cc(c2)OC/C=C/CCOc2cc1c([N+](=O)[O-])c(N)n2.ClCCl.F.FF.Nc1nc2cc3c1[nH]c(=O)n3Cc1cc(F)cc(c1)OC/C=C/CCO2.Nc1nc2cc3c1[nH]c(=O)n3Cc1cc(F)cc(c1)OC/C=C/CCO2. The second-order valence-corrected chi connectivity index (χ2v) is 25.9. The van der Waals surface area contributed by atoms with Gasteiger partial charge >= 0.3 is 34.9 Å². The third-order valence-electron chi connectivity index (χ3n) is 16.6. The Labute approximate surface area is 721 Å². The lowest BCUT2D eigenvalue weighted by atomic mass is 10.1. The van der Waals surface area contributed by atoms with E-state index in [0.717, 1.165) is 9.80 Å². The molecule has 12 bridgehead atoms. The van der Waals surface area contributed by atoms with Gasteiger partial charge in [0.2, 0.25) is 35.2 Å². The lowest BCUT2D eigenvalue weighted by Gasteiger charge is -2.23. The Hall–Kier alpha value is -14.3. The number of nitrogens with zero attached hydrogens (tertiary/aromatic N) is 10. The molecule has 0 saturated carbocycles. The van der Waals surface area contributed by atoms with Crippen molar-refractivity contribution in [2.45, 2.75) is 88.0 Å². The number of H-pyrrole nitrogens is 2. The number of hydrogen-bond donors (Lipinski definition) is 6. The van der Waals surface area contributed by atoms with Crippen LogP contribution in [-0.2, 0) is 35.7 Å². The number of carbonyl (C=O) groups is 2. The molecule has 3 aliphatic rings. The van der Waals surface area contributed by atoms with Crippen LogP contribution in [-0.4, -0.2) is 132 Å². The maximum Gasteiger partial charge on any atom is 0.414 e. The van der Waals surface area contributed by atoms with Gasteiger partial charge in [0.25, 0.3) is 0 Å². The maximum atomic E-state index is 14.2. The van der Waals surface area contributed by atoms with E-state index >= 15 is 0 Å². The molecule has 34 nitrogen and oxygen atoms in total. The van der Waals surface area contributed by atoms with Gasteiger partial charge in [-0.25, -0.2) is 36.7 Å². The summed E-state index contributed by atoms with van der Waals surface area (Å²) >= 11 is 9.53. The van der Waals surface area contributed by atoms with Crippen molar-refractivity contribution < 1.29 is 98.2 Å². The molecule has 10 aromatic rings. The molecule has 0 spiro atoms. The molecule has 3 aliphatic heterocycles. The average molecular weight is 1800 g/mol. The maximum absolute atomic E-state index is 14.2. The molecular formula is C82H95Cl2F7N16O18. The predicted octanol–water partition coefficient (Wildman–Crippen LogP) is 16.7. The number of aromatic nitrogens is 8. The number of nitro groups is 2. The van der Waals surface area contributed by atoms with Gasteiger partial charge in [-0.15, -0.1) is 29.8 Å². The zero-order valence-electron chi connectivity index (χ0n) is 65.3. The highest BCUT2D eigenvalue weighted by molar-refractivity contribution is 6.40. The van der Waals surface area contributed by atoms with Crippen LogP contribution in [0, 0.1) is 43.5 Å². The normalized spacial score (nSPS) is 13.2. The number of nitrogen functional groups attached to an aromatic ring is 4. The average Bonchev–Trinajstić information content (AvgIpc) is 1.51. The summed E-state index contributed by atoms with van der Waals surface area (Å²) in [4.78, 5) is 95.6. The van der Waals surface area contributed by atoms with Crippen molar-refractivity contribution in [3.63, 3.8) is 0 Å². The summed E-state index contributed by atoms with van der Waals surface area (Å²) in [5.74, 6) is -0.661. The Bertz CT molecular complexity index is 5360. The Balaban J connectivity index is 0.000000341. The van der Waals surface area contributed by atoms with E-state index in [1.165, 1.54) is 88.0 Å². The van der Waals surface area contributed by atoms with E-state index < -0.39 is 68.3 Å². The van der Waals surface area contributed by atoms with Crippen LogP contribution < -0.4 is 82.0 Å². The third kappa shape index (κ3) is 29.8. The molecule has 0 saturated heterocycles. The number of halogens is 9. The smallest absolute Gasteiger partial charge is 0.414 e. The van der Waals surface area contributed by atoms with Gasteiger partial charge in [-0.3, -0.25) is 43.9 Å². The number of aromatic amines is 2. The Morgan fingerprint density at radius 1 is 0.560 bits per heavy atom.